The average Bonchev–Trinajstić information content (AvgIpc) is 2.57. The van der Waals surface area contributed by atoms with Crippen molar-refractivity contribution < 1.29 is 18.3 Å². The van der Waals surface area contributed by atoms with E-state index in [1.165, 1.54) is 4.68 Å². The molecule has 20 heavy (non-hydrogen) atoms. The van der Waals surface area contributed by atoms with Gasteiger partial charge in [-0.15, -0.1) is 0 Å². The molecule has 0 amide bonds. The van der Waals surface area contributed by atoms with Crippen LogP contribution in [0.25, 0.3) is 0 Å². The lowest BCUT2D eigenvalue weighted by molar-refractivity contribution is -0.137. The minimum Gasteiger partial charge on any atom is -0.481 e. The first-order valence-corrected chi connectivity index (χ1v) is 8.07. The number of rotatable bonds is 6. The van der Waals surface area contributed by atoms with Gasteiger partial charge in [-0.2, -0.15) is 5.10 Å². The summed E-state index contributed by atoms with van der Waals surface area (Å²) in [6.45, 7) is 3.44. The molecule has 0 saturated heterocycles. The summed E-state index contributed by atoms with van der Waals surface area (Å²) >= 11 is 0. The predicted octanol–water partition coefficient (Wildman–Crippen LogP) is 0.805. The summed E-state index contributed by atoms with van der Waals surface area (Å²) in [5, 5.41) is 12.8. The molecule has 1 aliphatic rings. The molecule has 1 aliphatic carbocycles. The molecular formula is C12H19N3O4S. The zero-order valence-corrected chi connectivity index (χ0v) is 12.4. The van der Waals surface area contributed by atoms with E-state index >= 15 is 0 Å². The van der Waals surface area contributed by atoms with Crippen molar-refractivity contribution in [2.24, 2.45) is 0 Å². The Morgan fingerprint density at radius 1 is 1.45 bits per heavy atom. The first kappa shape index (κ1) is 15.0. The monoisotopic (exact) mass is 301 g/mol. The molecule has 0 bridgehead atoms. The van der Waals surface area contributed by atoms with Gasteiger partial charge in [0.25, 0.3) is 0 Å². The maximum atomic E-state index is 12.3. The van der Waals surface area contributed by atoms with E-state index in [1.807, 2.05) is 0 Å². The minimum absolute atomic E-state index is 0.0150. The van der Waals surface area contributed by atoms with Gasteiger partial charge >= 0.3 is 5.97 Å². The van der Waals surface area contributed by atoms with Gasteiger partial charge in [-0.25, -0.2) is 13.1 Å². The van der Waals surface area contributed by atoms with Crippen LogP contribution in [0.3, 0.4) is 0 Å². The summed E-state index contributed by atoms with van der Waals surface area (Å²) < 4.78 is 28.8. The third kappa shape index (κ3) is 3.01. The van der Waals surface area contributed by atoms with E-state index in [0.29, 0.717) is 11.4 Å². The highest BCUT2D eigenvalue weighted by atomic mass is 32.2. The molecule has 8 heteroatoms. The quantitative estimate of drug-likeness (QED) is 0.809. The first-order chi connectivity index (χ1) is 9.31. The van der Waals surface area contributed by atoms with Gasteiger partial charge in [0, 0.05) is 6.04 Å². The average molecular weight is 301 g/mol. The van der Waals surface area contributed by atoms with Gasteiger partial charge < -0.3 is 5.11 Å². The van der Waals surface area contributed by atoms with Crippen molar-refractivity contribution >= 4 is 16.0 Å². The minimum atomic E-state index is -3.58. The van der Waals surface area contributed by atoms with Gasteiger partial charge in [0.15, 0.2) is 0 Å². The number of hydrogen-bond donors (Lipinski definition) is 2. The molecule has 7 nitrogen and oxygen atoms in total. The number of hydrogen-bond acceptors (Lipinski definition) is 4. The van der Waals surface area contributed by atoms with Crippen LogP contribution in [-0.2, 0) is 21.4 Å². The molecule has 2 N–H and O–H groups in total. The third-order valence-corrected chi connectivity index (χ3v) is 5.32. The van der Waals surface area contributed by atoms with Crippen LogP contribution in [-0.4, -0.2) is 35.3 Å². The number of aliphatic carboxylic acids is 1. The molecule has 0 unspecified atom stereocenters. The van der Waals surface area contributed by atoms with E-state index in [2.05, 4.69) is 9.82 Å². The number of carboxylic acid groups (broad SMARTS) is 1. The lowest BCUT2D eigenvalue weighted by atomic mass is 9.94. The van der Waals surface area contributed by atoms with Crippen molar-refractivity contribution in [3.63, 3.8) is 0 Å². The number of nitrogens with one attached hydrogen (secondary N) is 1. The van der Waals surface area contributed by atoms with Crippen molar-refractivity contribution in [3.8, 4) is 0 Å². The standard InChI is InChI=1S/C12H19N3O4S/c1-8-12(20(18,19)14-10-4-3-5-10)9(2)15(13-8)7-6-11(16)17/h10,14H,3-7H2,1-2H3,(H,16,17). The van der Waals surface area contributed by atoms with Gasteiger partial charge in [0.1, 0.15) is 4.90 Å². The lowest BCUT2D eigenvalue weighted by Crippen LogP contribution is -2.39. The second-order valence-electron chi connectivity index (χ2n) is 5.12. The summed E-state index contributed by atoms with van der Waals surface area (Å²) in [4.78, 5) is 10.8. The highest BCUT2D eigenvalue weighted by molar-refractivity contribution is 7.89. The molecule has 1 aromatic rings. The Bertz CT molecular complexity index is 617. The van der Waals surface area contributed by atoms with Gasteiger partial charge in [-0.3, -0.25) is 9.48 Å². The largest absolute Gasteiger partial charge is 0.481 e. The van der Waals surface area contributed by atoms with Gasteiger partial charge in [0.2, 0.25) is 10.0 Å². The molecule has 1 fully saturated rings. The molecule has 2 rings (SSSR count). The Labute approximate surface area is 118 Å². The van der Waals surface area contributed by atoms with Crippen LogP contribution >= 0.6 is 0 Å². The van der Waals surface area contributed by atoms with E-state index in [1.54, 1.807) is 13.8 Å². The summed E-state index contributed by atoms with van der Waals surface area (Å²) in [6.07, 6.45) is 2.69. The maximum absolute atomic E-state index is 12.3. The summed E-state index contributed by atoms with van der Waals surface area (Å²) in [5.74, 6) is -0.936. The van der Waals surface area contributed by atoms with E-state index in [-0.39, 0.29) is 23.9 Å². The van der Waals surface area contributed by atoms with Gasteiger partial charge in [-0.1, -0.05) is 6.42 Å². The Hall–Kier alpha value is -1.41. The summed E-state index contributed by atoms with van der Waals surface area (Å²) in [5.41, 5.74) is 0.885. The highest BCUT2D eigenvalue weighted by Gasteiger charge is 2.29. The van der Waals surface area contributed by atoms with Crippen molar-refractivity contribution in [2.45, 2.75) is 57.0 Å². The molecule has 0 radical (unpaired) electrons. The Morgan fingerprint density at radius 2 is 2.10 bits per heavy atom. The van der Waals surface area contributed by atoms with E-state index in [4.69, 9.17) is 5.11 Å². The van der Waals surface area contributed by atoms with Crippen LogP contribution in [0.4, 0.5) is 0 Å². The zero-order chi connectivity index (χ0) is 14.9. The molecule has 0 atom stereocenters. The van der Waals surface area contributed by atoms with Gasteiger partial charge in [-0.05, 0) is 26.7 Å². The Balaban J connectivity index is 2.24. The predicted molar refractivity (Wildman–Crippen MR) is 71.9 cm³/mol. The first-order valence-electron chi connectivity index (χ1n) is 6.59. The second kappa shape index (κ2) is 5.53. The van der Waals surface area contributed by atoms with E-state index in [0.717, 1.165) is 19.3 Å². The number of sulfonamides is 1. The molecule has 1 heterocycles. The molecule has 1 aromatic heterocycles. The fraction of sp³-hybridized carbons (Fsp3) is 0.667. The van der Waals surface area contributed by atoms with Crippen molar-refractivity contribution in [3.05, 3.63) is 11.4 Å². The van der Waals surface area contributed by atoms with Crippen LogP contribution in [0.1, 0.15) is 37.1 Å². The number of carbonyl (C=O) groups is 1. The molecule has 1 saturated carbocycles. The summed E-state index contributed by atoms with van der Waals surface area (Å²) in [7, 11) is -3.58. The van der Waals surface area contributed by atoms with Crippen LogP contribution < -0.4 is 4.72 Å². The summed E-state index contributed by atoms with van der Waals surface area (Å²) in [6, 6.07) is 0.0150. The third-order valence-electron chi connectivity index (χ3n) is 3.55. The van der Waals surface area contributed by atoms with Crippen molar-refractivity contribution in [2.75, 3.05) is 0 Å². The molecule has 0 spiro atoms. The Morgan fingerprint density at radius 3 is 2.60 bits per heavy atom. The topological polar surface area (TPSA) is 101 Å². The van der Waals surface area contributed by atoms with Gasteiger partial charge in [0.05, 0.1) is 24.4 Å². The Kier molecular flexibility index (Phi) is 4.14. The molecular weight excluding hydrogens is 282 g/mol. The van der Waals surface area contributed by atoms with Crippen LogP contribution in [0.5, 0.6) is 0 Å². The fourth-order valence-electron chi connectivity index (χ4n) is 2.29. The van der Waals surface area contributed by atoms with Crippen molar-refractivity contribution in [1.82, 2.24) is 14.5 Å². The number of nitrogens with zero attached hydrogens (tertiary/aromatic N) is 2. The van der Waals surface area contributed by atoms with Crippen molar-refractivity contribution in [1.29, 1.82) is 0 Å². The van der Waals surface area contributed by atoms with E-state index < -0.39 is 16.0 Å². The number of aryl methyl sites for hydroxylation is 2. The second-order valence-corrected chi connectivity index (χ2v) is 6.77. The maximum Gasteiger partial charge on any atom is 0.305 e. The number of aromatic nitrogens is 2. The van der Waals surface area contributed by atoms with Crippen LogP contribution in [0.15, 0.2) is 4.90 Å². The molecule has 0 aliphatic heterocycles. The van der Waals surface area contributed by atoms with Crippen LogP contribution in [0.2, 0.25) is 0 Å². The molecule has 112 valence electrons. The van der Waals surface area contributed by atoms with E-state index in [9.17, 15) is 13.2 Å². The lowest BCUT2D eigenvalue weighted by Gasteiger charge is -2.26. The SMILES string of the molecule is Cc1nn(CCC(=O)O)c(C)c1S(=O)(=O)NC1CCC1. The fourth-order valence-corrected chi connectivity index (χ4v) is 4.01. The van der Waals surface area contributed by atoms with Crippen LogP contribution in [0, 0.1) is 13.8 Å². The number of carboxylic acids is 1. The normalized spacial score (nSPS) is 16.1. The molecule has 0 aromatic carbocycles. The zero-order valence-electron chi connectivity index (χ0n) is 11.6. The highest BCUT2D eigenvalue weighted by Crippen LogP contribution is 2.24. The smallest absolute Gasteiger partial charge is 0.305 e.